The molecule has 7 nitrogen and oxygen atoms in total. The van der Waals surface area contributed by atoms with E-state index in [-0.39, 0.29) is 11.8 Å². The number of benzene rings is 2. The molecule has 0 bridgehead atoms. The van der Waals surface area contributed by atoms with E-state index in [0.717, 1.165) is 11.1 Å². The van der Waals surface area contributed by atoms with Gasteiger partial charge in [-0.05, 0) is 36.8 Å². The van der Waals surface area contributed by atoms with Gasteiger partial charge < -0.3 is 15.1 Å². The van der Waals surface area contributed by atoms with Gasteiger partial charge in [0.2, 0.25) is 5.91 Å². The second-order valence-corrected chi connectivity index (χ2v) is 7.93. The van der Waals surface area contributed by atoms with Crippen LogP contribution in [0.5, 0.6) is 0 Å². The summed E-state index contributed by atoms with van der Waals surface area (Å²) in [6.07, 6.45) is 2.01. The number of hydrogen-bond donors (Lipinski definition) is 3. The highest BCUT2D eigenvalue weighted by atomic mass is 16.4. The van der Waals surface area contributed by atoms with Crippen LogP contribution in [-0.4, -0.2) is 58.1 Å². The number of aliphatic carboxylic acids is 2. The van der Waals surface area contributed by atoms with Crippen LogP contribution in [0.15, 0.2) is 60.7 Å². The van der Waals surface area contributed by atoms with E-state index in [2.05, 4.69) is 5.32 Å². The van der Waals surface area contributed by atoms with Gasteiger partial charge in [0, 0.05) is 12.5 Å². The summed E-state index contributed by atoms with van der Waals surface area (Å²) < 4.78 is 0. The second-order valence-electron chi connectivity index (χ2n) is 7.93. The molecule has 3 N–H and O–H groups in total. The highest BCUT2D eigenvalue weighted by Crippen LogP contribution is 2.27. The molecule has 1 aliphatic heterocycles. The summed E-state index contributed by atoms with van der Waals surface area (Å²) in [5.41, 5.74) is 2.07. The molecule has 2 aromatic carbocycles. The van der Waals surface area contributed by atoms with Crippen LogP contribution in [0.1, 0.15) is 36.3 Å². The molecule has 31 heavy (non-hydrogen) atoms. The molecule has 0 aliphatic carbocycles. The summed E-state index contributed by atoms with van der Waals surface area (Å²) in [7, 11) is 0. The molecule has 1 saturated heterocycles. The maximum atomic E-state index is 13.1. The Kier molecular flexibility index (Phi) is 7.78. The Hall–Kier alpha value is -3.19. The number of nitrogens with zero attached hydrogens (tertiary/aromatic N) is 1. The van der Waals surface area contributed by atoms with Crippen LogP contribution in [0.2, 0.25) is 0 Å². The zero-order valence-corrected chi connectivity index (χ0v) is 17.3. The normalized spacial score (nSPS) is 20.1. The van der Waals surface area contributed by atoms with Crippen molar-refractivity contribution in [3.8, 4) is 0 Å². The highest BCUT2D eigenvalue weighted by molar-refractivity contribution is 5.86. The number of likely N-dealkylation sites (tertiary alicyclic amines) is 1. The van der Waals surface area contributed by atoms with Crippen LogP contribution >= 0.6 is 0 Å². The number of hydrogen-bond acceptors (Lipinski definition) is 4. The summed E-state index contributed by atoms with van der Waals surface area (Å²) in [6.45, 7) is -0.100. The number of carbonyl (C=O) groups excluding carboxylic acids is 1. The van der Waals surface area contributed by atoms with Gasteiger partial charge in [-0.2, -0.15) is 0 Å². The zero-order chi connectivity index (χ0) is 22.2. The van der Waals surface area contributed by atoms with Crippen molar-refractivity contribution < 1.29 is 24.6 Å². The molecule has 0 radical (unpaired) electrons. The number of carboxylic acid groups (broad SMARTS) is 2. The van der Waals surface area contributed by atoms with E-state index in [1.165, 1.54) is 4.90 Å². The number of rotatable bonds is 9. The molecule has 7 heteroatoms. The summed E-state index contributed by atoms with van der Waals surface area (Å²) in [5, 5.41) is 22.0. The highest BCUT2D eigenvalue weighted by Gasteiger charge is 2.34. The topological polar surface area (TPSA) is 107 Å². The van der Waals surface area contributed by atoms with Crippen molar-refractivity contribution in [2.45, 2.75) is 43.7 Å². The van der Waals surface area contributed by atoms with Gasteiger partial charge in [-0.15, -0.1) is 0 Å². The van der Waals surface area contributed by atoms with Crippen molar-refractivity contribution >= 4 is 17.8 Å². The van der Waals surface area contributed by atoms with Crippen molar-refractivity contribution in [1.82, 2.24) is 10.2 Å². The molecule has 1 amide bonds. The van der Waals surface area contributed by atoms with Crippen molar-refractivity contribution in [3.63, 3.8) is 0 Å². The van der Waals surface area contributed by atoms with Gasteiger partial charge in [0.25, 0.3) is 0 Å². The average molecular weight is 424 g/mol. The van der Waals surface area contributed by atoms with Crippen LogP contribution in [0.4, 0.5) is 0 Å². The monoisotopic (exact) mass is 424 g/mol. The number of nitrogens with one attached hydrogen (secondary N) is 1. The van der Waals surface area contributed by atoms with Crippen LogP contribution in [0.3, 0.4) is 0 Å². The van der Waals surface area contributed by atoms with E-state index in [0.29, 0.717) is 32.2 Å². The molecular formula is C24H28N2O5. The molecule has 164 valence electrons. The summed E-state index contributed by atoms with van der Waals surface area (Å²) >= 11 is 0. The first-order valence-electron chi connectivity index (χ1n) is 10.5. The molecule has 0 saturated carbocycles. The third kappa shape index (κ3) is 6.39. The third-order valence-electron chi connectivity index (χ3n) is 5.72. The fourth-order valence-electron chi connectivity index (χ4n) is 4.09. The van der Waals surface area contributed by atoms with Gasteiger partial charge in [0.05, 0.1) is 6.04 Å². The molecule has 2 aromatic rings. The average Bonchev–Trinajstić information content (AvgIpc) is 2.91. The fourth-order valence-corrected chi connectivity index (χ4v) is 4.09. The maximum absolute atomic E-state index is 13.1. The van der Waals surface area contributed by atoms with Gasteiger partial charge in [0.15, 0.2) is 0 Å². The molecule has 1 fully saturated rings. The number of aryl methyl sites for hydroxylation is 1. The van der Waals surface area contributed by atoms with E-state index in [4.69, 9.17) is 0 Å². The summed E-state index contributed by atoms with van der Waals surface area (Å²) in [6, 6.07) is 17.7. The molecule has 3 rings (SSSR count). The van der Waals surface area contributed by atoms with E-state index in [1.807, 2.05) is 60.7 Å². The summed E-state index contributed by atoms with van der Waals surface area (Å²) in [4.78, 5) is 37.6. The molecule has 1 heterocycles. The molecule has 0 unspecified atom stereocenters. The zero-order valence-electron chi connectivity index (χ0n) is 17.3. The standard InChI is InChI=1S/C24H28N2O5/c27-22(28)16-26-15-19(18-9-5-2-6-10-18)12-14-20(23(26)29)25-21(24(30)31)13-11-17-7-3-1-4-8-17/h1-10,19-21,25H,11-16H2,(H,27,28)(H,30,31)/t19-,20-,21-/m0/s1. The third-order valence-corrected chi connectivity index (χ3v) is 5.72. The lowest BCUT2D eigenvalue weighted by molar-refractivity contribution is -0.146. The first kappa shape index (κ1) is 22.5. The minimum atomic E-state index is -1.08. The first-order valence-corrected chi connectivity index (χ1v) is 10.5. The second kappa shape index (κ2) is 10.7. The van der Waals surface area contributed by atoms with Crippen LogP contribution in [0.25, 0.3) is 0 Å². The van der Waals surface area contributed by atoms with Gasteiger partial charge in [-0.3, -0.25) is 19.7 Å². The molecule has 1 aliphatic rings. The lowest BCUT2D eigenvalue weighted by Gasteiger charge is -2.26. The number of carboxylic acids is 2. The Bertz CT molecular complexity index is 887. The van der Waals surface area contributed by atoms with Gasteiger partial charge in [-0.1, -0.05) is 60.7 Å². The smallest absolute Gasteiger partial charge is 0.323 e. The summed E-state index contributed by atoms with van der Waals surface area (Å²) in [5.74, 6) is -2.45. The fraction of sp³-hybridized carbons (Fsp3) is 0.375. The van der Waals surface area contributed by atoms with Crippen LogP contribution in [-0.2, 0) is 20.8 Å². The SMILES string of the molecule is O=C(O)CN1C[C@@H](c2ccccc2)CC[C@H](N[C@@H](CCc2ccccc2)C(=O)O)C1=O. The Labute approximate surface area is 181 Å². The Morgan fingerprint density at radius 2 is 1.65 bits per heavy atom. The predicted octanol–water partition coefficient (Wildman–Crippen LogP) is 2.52. The largest absolute Gasteiger partial charge is 0.480 e. The lowest BCUT2D eigenvalue weighted by Crippen LogP contribution is -2.52. The predicted molar refractivity (Wildman–Crippen MR) is 116 cm³/mol. The van der Waals surface area contributed by atoms with Gasteiger partial charge >= 0.3 is 11.9 Å². The van der Waals surface area contributed by atoms with E-state index >= 15 is 0 Å². The van der Waals surface area contributed by atoms with Crippen molar-refractivity contribution in [2.75, 3.05) is 13.1 Å². The Morgan fingerprint density at radius 3 is 2.26 bits per heavy atom. The van der Waals surface area contributed by atoms with Crippen LogP contribution < -0.4 is 5.32 Å². The van der Waals surface area contributed by atoms with Crippen LogP contribution in [0, 0.1) is 0 Å². The maximum Gasteiger partial charge on any atom is 0.323 e. The van der Waals surface area contributed by atoms with Crippen molar-refractivity contribution in [2.24, 2.45) is 0 Å². The minimum Gasteiger partial charge on any atom is -0.480 e. The van der Waals surface area contributed by atoms with E-state index in [1.54, 1.807) is 0 Å². The molecule has 0 aromatic heterocycles. The Morgan fingerprint density at radius 1 is 1.00 bits per heavy atom. The Balaban J connectivity index is 1.73. The van der Waals surface area contributed by atoms with E-state index in [9.17, 15) is 24.6 Å². The van der Waals surface area contributed by atoms with Gasteiger partial charge in [-0.25, -0.2) is 0 Å². The molecule has 3 atom stereocenters. The van der Waals surface area contributed by atoms with Crippen molar-refractivity contribution in [3.05, 3.63) is 71.8 Å². The lowest BCUT2D eigenvalue weighted by atomic mass is 9.93. The first-order chi connectivity index (χ1) is 14.9. The molecule has 0 spiro atoms. The van der Waals surface area contributed by atoms with E-state index < -0.39 is 30.6 Å². The molecular weight excluding hydrogens is 396 g/mol. The van der Waals surface area contributed by atoms with Gasteiger partial charge in [0.1, 0.15) is 12.6 Å². The number of carbonyl (C=O) groups is 3. The minimum absolute atomic E-state index is 0.00361. The van der Waals surface area contributed by atoms with Crippen molar-refractivity contribution in [1.29, 1.82) is 0 Å². The quantitative estimate of drug-likeness (QED) is 0.571. The number of amides is 1.